The molecule has 1 heterocycles. The Labute approximate surface area is 155 Å². The summed E-state index contributed by atoms with van der Waals surface area (Å²) < 4.78 is 10.5. The molecule has 0 amide bonds. The molecular formula is C21H29N2O3+. The van der Waals surface area contributed by atoms with Crippen LogP contribution in [0, 0.1) is 6.92 Å². The maximum absolute atomic E-state index is 10.0. The third-order valence-corrected chi connectivity index (χ3v) is 5.05. The molecule has 0 unspecified atom stereocenters. The average Bonchev–Trinajstić information content (AvgIpc) is 2.64. The Morgan fingerprint density at radius 2 is 1.65 bits per heavy atom. The van der Waals surface area contributed by atoms with Crippen molar-refractivity contribution in [1.29, 1.82) is 0 Å². The highest BCUT2D eigenvalue weighted by Gasteiger charge is 2.21. The second-order valence-electron chi connectivity index (χ2n) is 7.04. The minimum Gasteiger partial charge on any atom is -0.502 e. The number of hydrogen-bond donors (Lipinski definition) is 2. The van der Waals surface area contributed by atoms with E-state index in [4.69, 9.17) is 9.47 Å². The van der Waals surface area contributed by atoms with Gasteiger partial charge in [-0.05, 0) is 24.6 Å². The van der Waals surface area contributed by atoms with E-state index >= 15 is 0 Å². The van der Waals surface area contributed by atoms with E-state index in [-0.39, 0.29) is 5.75 Å². The van der Waals surface area contributed by atoms with Gasteiger partial charge in [-0.1, -0.05) is 29.8 Å². The molecule has 0 aliphatic carbocycles. The number of nitrogens with zero attached hydrogens (tertiary/aromatic N) is 1. The van der Waals surface area contributed by atoms with Gasteiger partial charge in [0.25, 0.3) is 0 Å². The van der Waals surface area contributed by atoms with Crippen molar-refractivity contribution in [2.24, 2.45) is 0 Å². The fraction of sp³-hybridized carbons (Fsp3) is 0.429. The van der Waals surface area contributed by atoms with Gasteiger partial charge in [0, 0.05) is 25.2 Å². The standard InChI is InChI=1S/C21H28N2O3/c1-16-5-4-6-17(11-16)14-22-7-9-23(10-8-22)15-18-12-19(25-2)21(24)20(13-18)26-3/h4-6,11-13,24H,7-10,14-15H2,1-3H3/p+1. The van der Waals surface area contributed by atoms with E-state index in [9.17, 15) is 5.11 Å². The summed E-state index contributed by atoms with van der Waals surface area (Å²) in [6.07, 6.45) is 0. The second kappa shape index (κ2) is 8.43. The van der Waals surface area contributed by atoms with Crippen LogP contribution in [0.4, 0.5) is 0 Å². The number of phenolic OH excluding ortho intramolecular Hbond substituents is 1. The van der Waals surface area contributed by atoms with E-state index in [0.717, 1.165) is 44.8 Å². The van der Waals surface area contributed by atoms with Gasteiger partial charge in [-0.3, -0.25) is 4.90 Å². The molecule has 0 atom stereocenters. The van der Waals surface area contributed by atoms with Crippen LogP contribution >= 0.6 is 0 Å². The molecule has 0 spiro atoms. The third-order valence-electron chi connectivity index (χ3n) is 5.05. The maximum Gasteiger partial charge on any atom is 0.200 e. The first-order chi connectivity index (χ1) is 12.6. The minimum absolute atomic E-state index is 0.0664. The van der Waals surface area contributed by atoms with E-state index in [2.05, 4.69) is 36.1 Å². The molecule has 26 heavy (non-hydrogen) atoms. The number of piperazine rings is 1. The van der Waals surface area contributed by atoms with Gasteiger partial charge in [0.1, 0.15) is 6.54 Å². The predicted molar refractivity (Wildman–Crippen MR) is 102 cm³/mol. The lowest BCUT2D eigenvalue weighted by molar-refractivity contribution is -0.918. The highest BCUT2D eigenvalue weighted by atomic mass is 16.5. The molecule has 2 N–H and O–H groups in total. The van der Waals surface area contributed by atoms with Gasteiger partial charge in [0.2, 0.25) is 5.75 Å². The number of hydrogen-bond acceptors (Lipinski definition) is 4. The van der Waals surface area contributed by atoms with Gasteiger partial charge < -0.3 is 19.5 Å². The normalized spacial score (nSPS) is 15.8. The van der Waals surface area contributed by atoms with Crippen LogP contribution in [-0.2, 0) is 13.1 Å². The lowest BCUT2D eigenvalue weighted by atomic mass is 10.1. The number of aromatic hydroxyl groups is 1. The lowest BCUT2D eigenvalue weighted by Gasteiger charge is -2.32. The van der Waals surface area contributed by atoms with Crippen LogP contribution in [0.2, 0.25) is 0 Å². The Kier molecular flexibility index (Phi) is 6.01. The maximum atomic E-state index is 10.0. The van der Waals surface area contributed by atoms with Crippen molar-refractivity contribution < 1.29 is 19.5 Å². The zero-order valence-electron chi connectivity index (χ0n) is 15.9. The minimum atomic E-state index is 0.0664. The summed E-state index contributed by atoms with van der Waals surface area (Å²) in [4.78, 5) is 4.07. The van der Waals surface area contributed by atoms with Crippen molar-refractivity contribution in [2.45, 2.75) is 20.0 Å². The SMILES string of the molecule is COc1cc(C[NH+]2CCN(Cc3cccc(C)c3)CC2)cc(OC)c1O. The van der Waals surface area contributed by atoms with Gasteiger partial charge >= 0.3 is 0 Å². The third kappa shape index (κ3) is 4.48. The molecule has 1 aliphatic rings. The number of benzene rings is 2. The molecule has 0 saturated carbocycles. The summed E-state index contributed by atoms with van der Waals surface area (Å²) in [5.74, 6) is 1.00. The zero-order valence-corrected chi connectivity index (χ0v) is 15.9. The van der Waals surface area contributed by atoms with Gasteiger partial charge in [-0.2, -0.15) is 0 Å². The molecule has 5 heteroatoms. The smallest absolute Gasteiger partial charge is 0.200 e. The summed E-state index contributed by atoms with van der Waals surface area (Å²) in [5, 5.41) is 10.0. The number of rotatable bonds is 6. The largest absolute Gasteiger partial charge is 0.502 e. The van der Waals surface area contributed by atoms with Crippen molar-refractivity contribution in [3.8, 4) is 17.2 Å². The molecule has 1 saturated heterocycles. The van der Waals surface area contributed by atoms with E-state index in [1.807, 2.05) is 12.1 Å². The number of ether oxygens (including phenoxy) is 2. The number of quaternary nitrogens is 1. The summed E-state index contributed by atoms with van der Waals surface area (Å²) in [5.41, 5.74) is 3.84. The molecule has 140 valence electrons. The second-order valence-corrected chi connectivity index (χ2v) is 7.04. The van der Waals surface area contributed by atoms with Crippen molar-refractivity contribution >= 4 is 0 Å². The molecule has 3 rings (SSSR count). The van der Waals surface area contributed by atoms with Gasteiger partial charge in [-0.25, -0.2) is 0 Å². The fourth-order valence-electron chi connectivity index (χ4n) is 3.61. The van der Waals surface area contributed by atoms with Crippen LogP contribution in [0.25, 0.3) is 0 Å². The molecule has 2 aromatic carbocycles. The van der Waals surface area contributed by atoms with Crippen LogP contribution in [0.3, 0.4) is 0 Å². The summed E-state index contributed by atoms with van der Waals surface area (Å²) in [6, 6.07) is 12.6. The van der Waals surface area contributed by atoms with E-state index in [0.29, 0.717) is 11.5 Å². The molecular weight excluding hydrogens is 328 g/mol. The number of aryl methyl sites for hydroxylation is 1. The zero-order chi connectivity index (χ0) is 18.5. The summed E-state index contributed by atoms with van der Waals surface area (Å²) >= 11 is 0. The predicted octanol–water partition coefficient (Wildman–Crippen LogP) is 1.62. The average molecular weight is 357 g/mol. The Morgan fingerprint density at radius 3 is 2.23 bits per heavy atom. The van der Waals surface area contributed by atoms with Gasteiger partial charge in [0.15, 0.2) is 11.5 Å². The Balaban J connectivity index is 1.57. The van der Waals surface area contributed by atoms with E-state index in [1.165, 1.54) is 11.1 Å². The number of nitrogens with one attached hydrogen (secondary N) is 1. The molecule has 1 fully saturated rings. The molecule has 2 aromatic rings. The lowest BCUT2D eigenvalue weighted by Crippen LogP contribution is -3.13. The van der Waals surface area contributed by atoms with Crippen molar-refractivity contribution in [2.75, 3.05) is 40.4 Å². The fourth-order valence-corrected chi connectivity index (χ4v) is 3.61. The van der Waals surface area contributed by atoms with Crippen LogP contribution < -0.4 is 14.4 Å². The first-order valence-electron chi connectivity index (χ1n) is 9.14. The van der Waals surface area contributed by atoms with Crippen molar-refractivity contribution in [3.05, 3.63) is 53.1 Å². The van der Waals surface area contributed by atoms with Crippen LogP contribution in [-0.4, -0.2) is 50.4 Å². The Morgan fingerprint density at radius 1 is 1.00 bits per heavy atom. The quantitative estimate of drug-likeness (QED) is 0.825. The molecule has 0 aromatic heterocycles. The van der Waals surface area contributed by atoms with E-state index in [1.54, 1.807) is 19.1 Å². The van der Waals surface area contributed by atoms with Crippen LogP contribution in [0.15, 0.2) is 36.4 Å². The van der Waals surface area contributed by atoms with Crippen molar-refractivity contribution in [1.82, 2.24) is 4.90 Å². The van der Waals surface area contributed by atoms with Crippen LogP contribution in [0.1, 0.15) is 16.7 Å². The van der Waals surface area contributed by atoms with Gasteiger partial charge in [0.05, 0.1) is 27.3 Å². The van der Waals surface area contributed by atoms with E-state index < -0.39 is 0 Å². The van der Waals surface area contributed by atoms with Crippen molar-refractivity contribution in [3.63, 3.8) is 0 Å². The monoisotopic (exact) mass is 357 g/mol. The number of phenols is 1. The Hall–Kier alpha value is -2.24. The summed E-state index contributed by atoms with van der Waals surface area (Å²) in [6.45, 7) is 8.48. The molecule has 5 nitrogen and oxygen atoms in total. The topological polar surface area (TPSA) is 46.4 Å². The molecule has 0 radical (unpaired) electrons. The summed E-state index contributed by atoms with van der Waals surface area (Å²) in [7, 11) is 3.13. The van der Waals surface area contributed by atoms with Gasteiger partial charge in [-0.15, -0.1) is 0 Å². The highest BCUT2D eigenvalue weighted by molar-refractivity contribution is 5.52. The molecule has 0 bridgehead atoms. The first kappa shape index (κ1) is 18.5. The number of methoxy groups -OCH3 is 2. The van der Waals surface area contributed by atoms with Crippen LogP contribution in [0.5, 0.6) is 17.2 Å². The Bertz CT molecular complexity index is 715. The molecule has 1 aliphatic heterocycles. The highest BCUT2D eigenvalue weighted by Crippen LogP contribution is 2.36. The first-order valence-corrected chi connectivity index (χ1v) is 9.14.